The number of anilines is 3. The number of aliphatic hydroxyl groups excluding tert-OH is 2. The maximum Gasteiger partial charge on any atom is 0.264 e. The monoisotopic (exact) mass is 831 g/mol. The minimum Gasteiger partial charge on any atom is -0.484 e. The highest BCUT2D eigenvalue weighted by molar-refractivity contribution is 7.93. The zero-order valence-corrected chi connectivity index (χ0v) is 31.4. The van der Waals surface area contributed by atoms with Crippen LogP contribution in [-0.4, -0.2) is 71.3 Å². The van der Waals surface area contributed by atoms with Gasteiger partial charge in [0.05, 0.1) is 58.1 Å². The third-order valence-electron chi connectivity index (χ3n) is 8.69. The molecule has 2 heterocycles. The van der Waals surface area contributed by atoms with Crippen LogP contribution in [0.25, 0.3) is 0 Å². The Morgan fingerprint density at radius 3 is 1.68 bits per heavy atom. The molecule has 0 saturated heterocycles. The molecule has 2 aliphatic rings. The van der Waals surface area contributed by atoms with E-state index >= 15 is 0 Å². The van der Waals surface area contributed by atoms with Crippen LogP contribution >= 0.6 is 11.6 Å². The van der Waals surface area contributed by atoms with Crippen molar-refractivity contribution in [2.75, 3.05) is 40.6 Å². The largest absolute Gasteiger partial charge is 0.484 e. The van der Waals surface area contributed by atoms with Crippen molar-refractivity contribution in [3.63, 3.8) is 0 Å². The lowest BCUT2D eigenvalue weighted by molar-refractivity contribution is 0.0989. The van der Waals surface area contributed by atoms with E-state index < -0.39 is 62.1 Å². The van der Waals surface area contributed by atoms with Crippen LogP contribution in [0, 0.1) is 17.5 Å². The van der Waals surface area contributed by atoms with Gasteiger partial charge in [-0.05, 0) is 96.6 Å². The first-order valence-electron chi connectivity index (χ1n) is 16.7. The van der Waals surface area contributed by atoms with E-state index in [9.17, 15) is 45.0 Å². The van der Waals surface area contributed by atoms with Gasteiger partial charge in [0.1, 0.15) is 41.2 Å². The molecule has 0 aliphatic carbocycles. The van der Waals surface area contributed by atoms with Crippen LogP contribution in [0.15, 0.2) is 113 Å². The smallest absolute Gasteiger partial charge is 0.264 e. The van der Waals surface area contributed by atoms with Crippen molar-refractivity contribution in [2.45, 2.75) is 28.4 Å². The highest BCUT2D eigenvalue weighted by atomic mass is 35.5. The van der Waals surface area contributed by atoms with Crippen LogP contribution in [-0.2, 0) is 26.5 Å². The quantitative estimate of drug-likeness (QED) is 0.130. The predicted octanol–water partition coefficient (Wildman–Crippen LogP) is 5.35. The molecule has 56 heavy (non-hydrogen) atoms. The summed E-state index contributed by atoms with van der Waals surface area (Å²) in [6, 6.07) is 21.9. The maximum atomic E-state index is 14.1. The van der Waals surface area contributed by atoms with E-state index in [1.807, 2.05) is 0 Å². The number of hydrogen-bond donors (Lipinski definition) is 3. The zero-order valence-electron chi connectivity index (χ0n) is 29.1. The molecule has 7 rings (SSSR count). The number of halogens is 4. The van der Waals surface area contributed by atoms with Gasteiger partial charge < -0.3 is 25.4 Å². The zero-order chi connectivity index (χ0) is 40.4. The third-order valence-corrected chi connectivity index (χ3v) is 12.6. The molecular weight excluding hydrogens is 799 g/mol. The molecule has 0 saturated carbocycles. The fraction of sp³-hybridized carbons (Fsp3) is 0.184. The molecule has 18 heteroatoms. The molecule has 0 unspecified atom stereocenters. The van der Waals surface area contributed by atoms with Crippen molar-refractivity contribution in [3.8, 4) is 11.5 Å². The molecule has 5 aromatic carbocycles. The molecule has 4 N–H and O–H groups in total. The summed E-state index contributed by atoms with van der Waals surface area (Å²) in [4.78, 5) is 12.5. The highest BCUT2D eigenvalue weighted by Gasteiger charge is 2.36. The minimum absolute atomic E-state index is 0.0207. The molecule has 12 nitrogen and oxygen atoms in total. The lowest BCUT2D eigenvalue weighted by Crippen LogP contribution is -2.45. The summed E-state index contributed by atoms with van der Waals surface area (Å²) >= 11 is 5.98. The normalized spacial score (nSPS) is 16.4. The first kappa shape index (κ1) is 40.3. The molecule has 0 fully saturated rings. The number of fused-ring (bicyclic) bond motifs is 2. The summed E-state index contributed by atoms with van der Waals surface area (Å²) in [5.74, 6) is -1.93. The summed E-state index contributed by atoms with van der Waals surface area (Å²) in [5.41, 5.74) is 6.72. The number of nitrogen functional groups attached to an aromatic ring is 1. The van der Waals surface area contributed by atoms with Crippen molar-refractivity contribution in [1.82, 2.24) is 0 Å². The molecule has 0 bridgehead atoms. The van der Waals surface area contributed by atoms with Gasteiger partial charge in [-0.15, -0.1) is 0 Å². The molecule has 2 atom stereocenters. The number of ether oxygens (including phenoxy) is 2. The number of rotatable bonds is 9. The van der Waals surface area contributed by atoms with Gasteiger partial charge in [0.25, 0.3) is 20.0 Å². The fourth-order valence-corrected chi connectivity index (χ4v) is 9.21. The van der Waals surface area contributed by atoms with Gasteiger partial charge in [-0.1, -0.05) is 23.7 Å². The van der Waals surface area contributed by atoms with Crippen molar-refractivity contribution in [2.24, 2.45) is 0 Å². The van der Waals surface area contributed by atoms with Gasteiger partial charge in [0.15, 0.2) is 5.78 Å². The fourth-order valence-electron chi connectivity index (χ4n) is 5.95. The van der Waals surface area contributed by atoms with Gasteiger partial charge in [0.2, 0.25) is 0 Å². The van der Waals surface area contributed by atoms with Crippen LogP contribution in [0.1, 0.15) is 15.9 Å². The topological polar surface area (TPSA) is 177 Å². The van der Waals surface area contributed by atoms with Crippen LogP contribution < -0.4 is 23.8 Å². The molecule has 0 aromatic heterocycles. The van der Waals surface area contributed by atoms with Crippen molar-refractivity contribution in [1.29, 1.82) is 0 Å². The Labute approximate surface area is 325 Å². The average molecular weight is 832 g/mol. The minimum atomic E-state index is -4.14. The number of ketones is 1. The molecule has 5 aromatic rings. The lowest BCUT2D eigenvalue weighted by Gasteiger charge is -2.35. The van der Waals surface area contributed by atoms with E-state index in [0.717, 1.165) is 51.1 Å². The number of nitrogens with zero attached hydrogens (tertiary/aromatic N) is 2. The van der Waals surface area contributed by atoms with E-state index in [1.165, 1.54) is 42.5 Å². The molecule has 0 spiro atoms. The predicted molar refractivity (Wildman–Crippen MR) is 202 cm³/mol. The number of hydrogen-bond acceptors (Lipinski definition) is 10. The summed E-state index contributed by atoms with van der Waals surface area (Å²) in [6.45, 7) is -1.02. The standard InChI is InChI=1S/C23H18ClF2NO5S.C15H15FN2O4S/c24-18-2-1-3-19(26)23(18)21(29)11-14-4-9-22-20(10-14)27(12-16(13-28)32-22)33(30,31)17-7-5-15(25)6-8-17;16-10-1-4-13(5-2-10)23(20,21)18-8-12(9-19)22-15-6-3-11(17)7-14(15)18/h1-10,16,28H,11-13H2;1-7,12,19H,8-9,17H2/t16-;12-/m11/s1. The van der Waals surface area contributed by atoms with Crippen LogP contribution in [0.5, 0.6) is 11.5 Å². The van der Waals surface area contributed by atoms with E-state index in [1.54, 1.807) is 18.2 Å². The maximum absolute atomic E-state index is 14.1. The second kappa shape index (κ2) is 16.4. The SMILES string of the molecule is Nc1ccc2c(c1)N(S(=O)(=O)c1ccc(F)cc1)C[C@H](CO)O2.O=C(Cc1ccc2c(c1)N(S(=O)(=O)c1ccc(F)cc1)C[C@H](CO)O2)c1c(F)cccc1Cl. The number of nitrogens with two attached hydrogens (primary N) is 1. The van der Waals surface area contributed by atoms with E-state index in [0.29, 0.717) is 22.7 Å². The molecule has 0 radical (unpaired) electrons. The summed E-state index contributed by atoms with van der Waals surface area (Å²) in [6.07, 6.45) is -1.75. The van der Waals surface area contributed by atoms with Crippen molar-refractivity contribution >= 4 is 54.5 Å². The number of carbonyl (C=O) groups excluding carboxylic acids is 1. The molecule has 294 valence electrons. The Morgan fingerprint density at radius 2 is 1.20 bits per heavy atom. The Morgan fingerprint density at radius 1 is 0.714 bits per heavy atom. The lowest BCUT2D eigenvalue weighted by atomic mass is 10.0. The highest BCUT2D eigenvalue weighted by Crippen LogP contribution is 2.40. The first-order chi connectivity index (χ1) is 26.6. The molecule has 2 aliphatic heterocycles. The number of carbonyl (C=O) groups is 1. The number of aliphatic hydroxyl groups is 2. The van der Waals surface area contributed by atoms with Crippen molar-refractivity contribution < 1.29 is 54.5 Å². The number of benzene rings is 5. The van der Waals surface area contributed by atoms with E-state index in [-0.39, 0.29) is 57.9 Å². The Balaban J connectivity index is 0.000000202. The number of Topliss-reactive ketones (excluding diaryl/α,β-unsaturated/α-hetero) is 1. The summed E-state index contributed by atoms with van der Waals surface area (Å²) in [5, 5.41) is 18.9. The Hall–Kier alpha value is -5.33. The molecular formula is C38H33ClF3N3O9S2. The number of sulfonamides is 2. The van der Waals surface area contributed by atoms with E-state index in [2.05, 4.69) is 0 Å². The van der Waals surface area contributed by atoms with Crippen LogP contribution in [0.2, 0.25) is 5.02 Å². The van der Waals surface area contributed by atoms with Gasteiger partial charge in [0, 0.05) is 12.1 Å². The van der Waals surface area contributed by atoms with Gasteiger partial charge in [-0.25, -0.2) is 30.0 Å². The van der Waals surface area contributed by atoms with E-state index in [4.69, 9.17) is 26.8 Å². The Bertz CT molecular complexity index is 2460. The molecule has 0 amide bonds. The first-order valence-corrected chi connectivity index (χ1v) is 20.0. The van der Waals surface area contributed by atoms with Crippen LogP contribution in [0.4, 0.5) is 30.2 Å². The average Bonchev–Trinajstić information content (AvgIpc) is 3.17. The van der Waals surface area contributed by atoms with Crippen LogP contribution in [0.3, 0.4) is 0 Å². The van der Waals surface area contributed by atoms with Gasteiger partial charge in [-0.2, -0.15) is 0 Å². The van der Waals surface area contributed by atoms with Gasteiger partial charge >= 0.3 is 0 Å². The van der Waals surface area contributed by atoms with Crippen molar-refractivity contribution in [3.05, 3.63) is 137 Å². The second-order valence-corrected chi connectivity index (χ2v) is 16.7. The third kappa shape index (κ3) is 8.41. The second-order valence-electron chi connectivity index (χ2n) is 12.6. The summed E-state index contributed by atoms with van der Waals surface area (Å²) in [7, 11) is -8.07. The summed E-state index contributed by atoms with van der Waals surface area (Å²) < 4.78 is 106. The van der Waals surface area contributed by atoms with Gasteiger partial charge in [-0.3, -0.25) is 13.4 Å². The Kier molecular flexibility index (Phi) is 11.8.